The molecule has 0 spiro atoms. The summed E-state index contributed by atoms with van der Waals surface area (Å²) in [6.45, 7) is 3.09. The zero-order valence-corrected chi connectivity index (χ0v) is 13.6. The summed E-state index contributed by atoms with van der Waals surface area (Å²) in [4.78, 5) is 26.9. The topological polar surface area (TPSA) is 58.6 Å². The summed E-state index contributed by atoms with van der Waals surface area (Å²) in [5.41, 5.74) is 2.75. The fourth-order valence-corrected chi connectivity index (χ4v) is 2.70. The summed E-state index contributed by atoms with van der Waals surface area (Å²) >= 11 is 0. The molecule has 3 rings (SSSR count). The first-order valence-corrected chi connectivity index (χ1v) is 7.98. The van der Waals surface area contributed by atoms with Crippen molar-refractivity contribution in [1.82, 2.24) is 0 Å². The van der Waals surface area contributed by atoms with E-state index in [-0.39, 0.29) is 0 Å². The first kappa shape index (κ1) is 16.2. The third-order valence-corrected chi connectivity index (χ3v) is 4.15. The van der Waals surface area contributed by atoms with Crippen molar-refractivity contribution < 1.29 is 14.3 Å². The predicted molar refractivity (Wildman–Crippen MR) is 94.1 cm³/mol. The molecule has 1 saturated heterocycles. The largest absolute Gasteiger partial charge is 0.388 e. The first-order valence-electron chi connectivity index (χ1n) is 7.98. The van der Waals surface area contributed by atoms with Gasteiger partial charge in [-0.3, -0.25) is 9.59 Å². The molecule has 5 nitrogen and oxygen atoms in total. The van der Waals surface area contributed by atoms with Crippen LogP contribution >= 0.6 is 0 Å². The minimum absolute atomic E-state index is 0.399. The smallest absolute Gasteiger partial charge is 0.233 e. The number of nitrogens with zero attached hydrogens (tertiary/aromatic N) is 1. The number of hydrogen-bond donors (Lipinski definition) is 1. The third-order valence-electron chi connectivity index (χ3n) is 4.15. The van der Waals surface area contributed by atoms with Gasteiger partial charge >= 0.3 is 0 Å². The van der Waals surface area contributed by atoms with Crippen LogP contribution in [0.25, 0.3) is 0 Å². The van der Waals surface area contributed by atoms with E-state index in [1.165, 1.54) is 0 Å². The monoisotopic (exact) mass is 324 g/mol. The highest BCUT2D eigenvalue weighted by molar-refractivity contribution is 6.49. The highest BCUT2D eigenvalue weighted by Crippen LogP contribution is 2.18. The van der Waals surface area contributed by atoms with Gasteiger partial charge < -0.3 is 15.0 Å². The van der Waals surface area contributed by atoms with Crippen LogP contribution in [0.3, 0.4) is 0 Å². The van der Waals surface area contributed by atoms with Crippen molar-refractivity contribution in [1.29, 1.82) is 0 Å². The minimum atomic E-state index is -0.489. The molecule has 1 aliphatic heterocycles. The van der Waals surface area contributed by atoms with Crippen LogP contribution in [0, 0.1) is 0 Å². The lowest BCUT2D eigenvalue weighted by Crippen LogP contribution is -2.36. The fraction of sp³-hybridized carbons (Fsp3) is 0.263. The lowest BCUT2D eigenvalue weighted by atomic mass is 10.0. The lowest BCUT2D eigenvalue weighted by Gasteiger charge is -2.28. The van der Waals surface area contributed by atoms with Gasteiger partial charge in [0.25, 0.3) is 0 Å². The number of ether oxygens (including phenoxy) is 1. The van der Waals surface area contributed by atoms with Crippen LogP contribution in [0.2, 0.25) is 0 Å². The van der Waals surface area contributed by atoms with Crippen LogP contribution in [0.1, 0.15) is 20.7 Å². The van der Waals surface area contributed by atoms with E-state index in [2.05, 4.69) is 10.2 Å². The van der Waals surface area contributed by atoms with Gasteiger partial charge in [-0.15, -0.1) is 0 Å². The van der Waals surface area contributed by atoms with Crippen LogP contribution in [0.4, 0.5) is 11.4 Å². The normalized spacial score (nSPS) is 14.3. The van der Waals surface area contributed by atoms with Crippen molar-refractivity contribution in [2.24, 2.45) is 0 Å². The maximum Gasteiger partial charge on any atom is 0.233 e. The van der Waals surface area contributed by atoms with E-state index in [9.17, 15) is 9.59 Å². The minimum Gasteiger partial charge on any atom is -0.388 e. The van der Waals surface area contributed by atoms with Crippen molar-refractivity contribution >= 4 is 22.9 Å². The molecule has 0 radical (unpaired) electrons. The number of carbonyl (C=O) groups is 2. The molecule has 0 saturated carbocycles. The number of anilines is 2. The molecule has 0 unspecified atom stereocenters. The molecule has 0 bridgehead atoms. The molecule has 1 heterocycles. The molecule has 1 aliphatic rings. The van der Waals surface area contributed by atoms with Crippen LogP contribution in [0.5, 0.6) is 0 Å². The molecule has 2 aromatic rings. The molecule has 24 heavy (non-hydrogen) atoms. The zero-order chi connectivity index (χ0) is 16.9. The van der Waals surface area contributed by atoms with Gasteiger partial charge in [-0.05, 0) is 48.5 Å². The van der Waals surface area contributed by atoms with Crippen molar-refractivity contribution in [2.45, 2.75) is 0 Å². The van der Waals surface area contributed by atoms with Crippen molar-refractivity contribution in [3.05, 3.63) is 59.7 Å². The van der Waals surface area contributed by atoms with E-state index >= 15 is 0 Å². The summed E-state index contributed by atoms with van der Waals surface area (Å²) in [6, 6.07) is 14.1. The third kappa shape index (κ3) is 3.46. The van der Waals surface area contributed by atoms with Crippen LogP contribution in [0.15, 0.2) is 48.5 Å². The zero-order valence-electron chi connectivity index (χ0n) is 13.6. The Balaban J connectivity index is 1.72. The summed E-state index contributed by atoms with van der Waals surface area (Å²) in [7, 11) is 1.80. The van der Waals surface area contributed by atoms with Gasteiger partial charge in [0.1, 0.15) is 0 Å². The Morgan fingerprint density at radius 2 is 1.38 bits per heavy atom. The molecule has 0 amide bonds. The number of hydrogen-bond acceptors (Lipinski definition) is 5. The second kappa shape index (κ2) is 7.27. The predicted octanol–water partition coefficient (Wildman–Crippen LogP) is 2.63. The Morgan fingerprint density at radius 1 is 0.875 bits per heavy atom. The van der Waals surface area contributed by atoms with E-state index in [0.29, 0.717) is 24.3 Å². The molecular weight excluding hydrogens is 304 g/mol. The standard InChI is InChI=1S/C19H20N2O3/c1-20-16-6-2-14(3-7-16)18(22)19(23)15-4-8-17(9-5-15)21-10-12-24-13-11-21/h2-9,20H,10-13H2,1H3. The molecule has 1 N–H and O–H groups in total. The average Bonchev–Trinajstić information content (AvgIpc) is 2.68. The maximum atomic E-state index is 12.4. The van der Waals surface area contributed by atoms with E-state index in [1.807, 2.05) is 12.1 Å². The number of carbonyl (C=O) groups excluding carboxylic acids is 2. The molecule has 1 fully saturated rings. The van der Waals surface area contributed by atoms with Crippen LogP contribution in [-0.2, 0) is 4.74 Å². The maximum absolute atomic E-state index is 12.4. The fourth-order valence-electron chi connectivity index (χ4n) is 2.70. The number of ketones is 2. The molecule has 124 valence electrons. The number of benzene rings is 2. The van der Waals surface area contributed by atoms with Crippen molar-refractivity contribution in [3.63, 3.8) is 0 Å². The van der Waals surface area contributed by atoms with E-state index < -0.39 is 11.6 Å². The molecular formula is C19H20N2O3. The number of nitrogens with one attached hydrogen (secondary N) is 1. The summed E-state index contributed by atoms with van der Waals surface area (Å²) in [5.74, 6) is -0.975. The van der Waals surface area contributed by atoms with Crippen LogP contribution < -0.4 is 10.2 Å². The quantitative estimate of drug-likeness (QED) is 0.677. The highest BCUT2D eigenvalue weighted by atomic mass is 16.5. The Bertz CT molecular complexity index is 717. The Hall–Kier alpha value is -2.66. The van der Waals surface area contributed by atoms with Gasteiger partial charge in [-0.25, -0.2) is 0 Å². The Labute approximate surface area is 141 Å². The highest BCUT2D eigenvalue weighted by Gasteiger charge is 2.19. The van der Waals surface area contributed by atoms with Crippen molar-refractivity contribution in [2.75, 3.05) is 43.6 Å². The van der Waals surface area contributed by atoms with Crippen LogP contribution in [-0.4, -0.2) is 44.9 Å². The van der Waals surface area contributed by atoms with Gasteiger partial charge in [0, 0.05) is 42.6 Å². The van der Waals surface area contributed by atoms with E-state index in [1.54, 1.807) is 43.4 Å². The Kier molecular flexibility index (Phi) is 4.91. The number of morpholine rings is 1. The second-order valence-electron chi connectivity index (χ2n) is 5.63. The molecule has 0 aliphatic carbocycles. The van der Waals surface area contributed by atoms with Gasteiger partial charge in [-0.1, -0.05) is 0 Å². The van der Waals surface area contributed by atoms with E-state index in [4.69, 9.17) is 4.74 Å². The number of Topliss-reactive ketones (excluding diaryl/α,β-unsaturated/α-hetero) is 2. The van der Waals surface area contributed by atoms with Gasteiger partial charge in [0.2, 0.25) is 11.6 Å². The average molecular weight is 324 g/mol. The molecule has 5 heteroatoms. The summed E-state index contributed by atoms with van der Waals surface area (Å²) in [6.07, 6.45) is 0. The number of rotatable bonds is 5. The SMILES string of the molecule is CNc1ccc(C(=O)C(=O)c2ccc(N3CCOCC3)cc2)cc1. The Morgan fingerprint density at radius 3 is 1.88 bits per heavy atom. The summed E-state index contributed by atoms with van der Waals surface area (Å²) < 4.78 is 5.34. The molecule has 0 aromatic heterocycles. The van der Waals surface area contributed by atoms with Gasteiger partial charge in [0.05, 0.1) is 13.2 Å². The molecule has 2 aromatic carbocycles. The first-order chi connectivity index (χ1) is 11.7. The van der Waals surface area contributed by atoms with Crippen molar-refractivity contribution in [3.8, 4) is 0 Å². The van der Waals surface area contributed by atoms with E-state index in [0.717, 1.165) is 24.5 Å². The second-order valence-corrected chi connectivity index (χ2v) is 5.63. The molecule has 0 atom stereocenters. The van der Waals surface area contributed by atoms with Gasteiger partial charge in [0.15, 0.2) is 0 Å². The lowest BCUT2D eigenvalue weighted by molar-refractivity contribution is 0.0817. The summed E-state index contributed by atoms with van der Waals surface area (Å²) in [5, 5.41) is 2.98. The van der Waals surface area contributed by atoms with Gasteiger partial charge in [-0.2, -0.15) is 0 Å².